The van der Waals surface area contributed by atoms with Gasteiger partial charge in [-0.1, -0.05) is 46.6 Å². The number of allylic oxidation sites excluding steroid dienone is 8. The summed E-state index contributed by atoms with van der Waals surface area (Å²) < 4.78 is 0. The van der Waals surface area contributed by atoms with Crippen LogP contribution >= 0.6 is 11.6 Å². The van der Waals surface area contributed by atoms with Gasteiger partial charge >= 0.3 is 0 Å². The molecule has 1 atom stereocenters. The van der Waals surface area contributed by atoms with Gasteiger partial charge < -0.3 is 0 Å². The quantitative estimate of drug-likeness (QED) is 0.278. The molecule has 24 heavy (non-hydrogen) atoms. The summed E-state index contributed by atoms with van der Waals surface area (Å²) in [5, 5.41) is -0.246. The monoisotopic (exact) mass is 350 g/mol. The fraction of sp³-hybridized carbons (Fsp3) is 0.591. The van der Waals surface area contributed by atoms with Crippen LogP contribution in [0, 0.1) is 5.92 Å². The highest BCUT2D eigenvalue weighted by molar-refractivity contribution is 6.63. The largest absolute Gasteiger partial charge is 0.281 e. The molecule has 0 aromatic carbocycles. The van der Waals surface area contributed by atoms with Crippen molar-refractivity contribution < 1.29 is 4.79 Å². The van der Waals surface area contributed by atoms with Crippen molar-refractivity contribution in [3.05, 3.63) is 46.6 Å². The van der Waals surface area contributed by atoms with Crippen molar-refractivity contribution in [2.24, 2.45) is 5.92 Å². The number of hydrogen-bond acceptors (Lipinski definition) is 1. The Morgan fingerprint density at radius 1 is 0.833 bits per heavy atom. The van der Waals surface area contributed by atoms with Crippen LogP contribution in [0.25, 0.3) is 0 Å². The van der Waals surface area contributed by atoms with Crippen molar-refractivity contribution >= 4 is 16.8 Å². The predicted molar refractivity (Wildman–Crippen MR) is 108 cm³/mol. The summed E-state index contributed by atoms with van der Waals surface area (Å²) >= 11 is 5.63. The Morgan fingerprint density at radius 3 is 1.79 bits per heavy atom. The lowest BCUT2D eigenvalue weighted by Crippen LogP contribution is -2.02. The van der Waals surface area contributed by atoms with Gasteiger partial charge in [0.25, 0.3) is 0 Å². The molecule has 0 aliphatic rings. The fourth-order valence-corrected chi connectivity index (χ4v) is 2.73. The zero-order chi connectivity index (χ0) is 18.5. The number of halogens is 1. The Balaban J connectivity index is 4.67. The van der Waals surface area contributed by atoms with Crippen molar-refractivity contribution in [3.63, 3.8) is 0 Å². The first kappa shape index (κ1) is 22.9. The molecule has 0 saturated heterocycles. The van der Waals surface area contributed by atoms with Gasteiger partial charge in [-0.15, -0.1) is 0 Å². The molecule has 0 aromatic heterocycles. The van der Waals surface area contributed by atoms with Crippen LogP contribution in [0.2, 0.25) is 0 Å². The molecule has 0 N–H and O–H groups in total. The summed E-state index contributed by atoms with van der Waals surface area (Å²) in [7, 11) is 0. The van der Waals surface area contributed by atoms with Crippen LogP contribution in [0.15, 0.2) is 46.6 Å². The summed E-state index contributed by atoms with van der Waals surface area (Å²) in [5.41, 5.74) is 5.44. The topological polar surface area (TPSA) is 17.1 Å². The predicted octanol–water partition coefficient (Wildman–Crippen LogP) is 7.53. The van der Waals surface area contributed by atoms with Crippen LogP contribution in [-0.2, 0) is 4.79 Å². The van der Waals surface area contributed by atoms with Crippen molar-refractivity contribution in [1.29, 1.82) is 0 Å². The van der Waals surface area contributed by atoms with Crippen LogP contribution < -0.4 is 0 Å². The van der Waals surface area contributed by atoms with Crippen LogP contribution in [0.5, 0.6) is 0 Å². The number of carbonyl (C=O) groups excluding carboxylic acids is 1. The van der Waals surface area contributed by atoms with Crippen molar-refractivity contribution in [2.75, 3.05) is 0 Å². The molecule has 1 unspecified atom stereocenters. The third-order valence-electron chi connectivity index (χ3n) is 3.89. The second-order valence-corrected chi connectivity index (χ2v) is 7.68. The molecule has 0 rings (SSSR count). The number of rotatable bonds is 11. The second-order valence-electron chi connectivity index (χ2n) is 7.26. The number of hydrogen-bond donors (Lipinski definition) is 0. The lowest BCUT2D eigenvalue weighted by atomic mass is 9.95. The smallest absolute Gasteiger partial charge is 0.222 e. The average Bonchev–Trinajstić information content (AvgIpc) is 2.43. The van der Waals surface area contributed by atoms with Gasteiger partial charge in [-0.25, -0.2) is 0 Å². The molecule has 0 fully saturated rings. The summed E-state index contributed by atoms with van der Waals surface area (Å²) in [6.45, 7) is 12.8. The fourth-order valence-electron chi connectivity index (χ4n) is 2.53. The van der Waals surface area contributed by atoms with E-state index in [4.69, 9.17) is 11.6 Å². The van der Waals surface area contributed by atoms with Gasteiger partial charge in [-0.3, -0.25) is 4.79 Å². The minimum absolute atomic E-state index is 0.208. The van der Waals surface area contributed by atoms with E-state index in [1.54, 1.807) is 0 Å². The summed E-state index contributed by atoms with van der Waals surface area (Å²) in [6, 6.07) is 0. The van der Waals surface area contributed by atoms with Crippen LogP contribution in [0.1, 0.15) is 80.1 Å². The van der Waals surface area contributed by atoms with E-state index in [-0.39, 0.29) is 11.2 Å². The zero-order valence-corrected chi connectivity index (χ0v) is 17.2. The minimum atomic E-state index is -0.246. The average molecular weight is 351 g/mol. The van der Waals surface area contributed by atoms with Gasteiger partial charge in [-0.2, -0.15) is 0 Å². The molecule has 0 radical (unpaired) electrons. The summed E-state index contributed by atoms with van der Waals surface area (Å²) in [4.78, 5) is 11.3. The Hall–Kier alpha value is -1.08. The molecule has 0 aliphatic heterocycles. The van der Waals surface area contributed by atoms with Gasteiger partial charge in [0.15, 0.2) is 0 Å². The standard InChI is InChI=1S/C22H35ClO/c1-17(2)9-7-11-19(5)13-14-21(16-22(23)24)15-20(6)12-8-10-18(3)4/h9-10,13,15,21H,7-8,11-12,14,16H2,1-6H3/b19-13+,20-15+. The molecule has 0 saturated carbocycles. The molecule has 2 heteroatoms. The maximum atomic E-state index is 11.3. The van der Waals surface area contributed by atoms with E-state index < -0.39 is 0 Å². The lowest BCUT2D eigenvalue weighted by Gasteiger charge is -2.11. The Labute approximate surface area is 154 Å². The number of carbonyl (C=O) groups is 1. The molecule has 0 bridgehead atoms. The Morgan fingerprint density at radius 2 is 1.33 bits per heavy atom. The SMILES string of the molecule is CC(C)=CCC/C(C)=C/CC(/C=C(\C)CCC=C(C)C)CC(=O)Cl. The van der Waals surface area contributed by atoms with E-state index in [0.29, 0.717) is 6.42 Å². The highest BCUT2D eigenvalue weighted by Gasteiger charge is 2.09. The van der Waals surface area contributed by atoms with Gasteiger partial charge in [0.05, 0.1) is 0 Å². The molecular weight excluding hydrogens is 316 g/mol. The zero-order valence-electron chi connectivity index (χ0n) is 16.4. The van der Waals surface area contributed by atoms with Gasteiger partial charge in [-0.05, 0) is 91.2 Å². The van der Waals surface area contributed by atoms with E-state index in [0.717, 1.165) is 32.1 Å². The first-order valence-corrected chi connectivity index (χ1v) is 9.36. The maximum absolute atomic E-state index is 11.3. The molecule has 1 nitrogen and oxygen atoms in total. The van der Waals surface area contributed by atoms with E-state index in [1.165, 1.54) is 22.3 Å². The van der Waals surface area contributed by atoms with Gasteiger partial charge in [0.1, 0.15) is 0 Å². The second kappa shape index (κ2) is 13.2. The first-order chi connectivity index (χ1) is 11.2. The third kappa shape index (κ3) is 14.5. The highest BCUT2D eigenvalue weighted by Crippen LogP contribution is 2.20. The molecule has 0 heterocycles. The Kier molecular flexibility index (Phi) is 12.6. The van der Waals surface area contributed by atoms with E-state index in [1.807, 2.05) is 0 Å². The van der Waals surface area contributed by atoms with Crippen molar-refractivity contribution in [2.45, 2.75) is 80.1 Å². The van der Waals surface area contributed by atoms with E-state index in [9.17, 15) is 4.79 Å². The van der Waals surface area contributed by atoms with E-state index >= 15 is 0 Å². The van der Waals surface area contributed by atoms with Crippen LogP contribution in [0.4, 0.5) is 0 Å². The molecule has 0 aromatic rings. The first-order valence-electron chi connectivity index (χ1n) is 8.98. The molecule has 136 valence electrons. The van der Waals surface area contributed by atoms with Gasteiger partial charge in [0, 0.05) is 6.42 Å². The Bertz CT molecular complexity index is 498. The van der Waals surface area contributed by atoms with Crippen LogP contribution in [-0.4, -0.2) is 5.24 Å². The molecule has 0 aliphatic carbocycles. The lowest BCUT2D eigenvalue weighted by molar-refractivity contribution is -0.112. The summed E-state index contributed by atoms with van der Waals surface area (Å²) in [5.74, 6) is 0.208. The molecular formula is C22H35ClO. The minimum Gasteiger partial charge on any atom is -0.281 e. The molecule has 0 spiro atoms. The van der Waals surface area contributed by atoms with Crippen LogP contribution in [0.3, 0.4) is 0 Å². The van der Waals surface area contributed by atoms with Crippen molar-refractivity contribution in [1.82, 2.24) is 0 Å². The normalized spacial score (nSPS) is 13.5. The maximum Gasteiger partial charge on any atom is 0.222 e. The summed E-state index contributed by atoms with van der Waals surface area (Å²) in [6.07, 6.45) is 14.6. The van der Waals surface area contributed by atoms with Gasteiger partial charge in [0.2, 0.25) is 5.24 Å². The highest BCUT2D eigenvalue weighted by atomic mass is 35.5. The van der Waals surface area contributed by atoms with Crippen molar-refractivity contribution in [3.8, 4) is 0 Å². The molecule has 0 amide bonds. The third-order valence-corrected chi connectivity index (χ3v) is 4.05. The van der Waals surface area contributed by atoms with E-state index in [2.05, 4.69) is 65.8 Å².